The quantitative estimate of drug-likeness (QED) is 0.807. The molecule has 1 unspecified atom stereocenters. The average Bonchev–Trinajstić information content (AvgIpc) is 2.30. The minimum absolute atomic E-state index is 0.00874. The molecule has 0 radical (unpaired) electrons. The van der Waals surface area contributed by atoms with Crippen LogP contribution in [0.15, 0.2) is 18.2 Å². The fraction of sp³-hybridized carbons (Fsp3) is 0.462. The standard InChI is InChI=1S/C13H18FNO3/c1-9-3-4-11(14)12(7-9)18-8-13(17)15-10(2)5-6-16/h3-4,7,10,16H,5-6,8H2,1-2H3,(H,15,17). The lowest BCUT2D eigenvalue weighted by Gasteiger charge is -2.13. The summed E-state index contributed by atoms with van der Waals surface area (Å²) in [5.41, 5.74) is 0.862. The normalized spacial score (nSPS) is 12.0. The molecule has 5 heteroatoms. The number of nitrogens with one attached hydrogen (secondary N) is 1. The molecule has 0 saturated heterocycles. The topological polar surface area (TPSA) is 58.6 Å². The number of hydrogen-bond acceptors (Lipinski definition) is 3. The Kier molecular flexibility index (Phi) is 5.58. The van der Waals surface area contributed by atoms with Gasteiger partial charge in [-0.1, -0.05) is 6.07 Å². The second-order valence-corrected chi connectivity index (χ2v) is 4.20. The fourth-order valence-corrected chi connectivity index (χ4v) is 1.45. The van der Waals surface area contributed by atoms with Crippen molar-refractivity contribution >= 4 is 5.91 Å². The van der Waals surface area contributed by atoms with Crippen molar-refractivity contribution < 1.29 is 19.0 Å². The van der Waals surface area contributed by atoms with Crippen LogP contribution in [0, 0.1) is 12.7 Å². The highest BCUT2D eigenvalue weighted by molar-refractivity contribution is 5.77. The monoisotopic (exact) mass is 255 g/mol. The number of aliphatic hydroxyl groups excluding tert-OH is 1. The van der Waals surface area contributed by atoms with Crippen LogP contribution in [0.3, 0.4) is 0 Å². The van der Waals surface area contributed by atoms with E-state index in [9.17, 15) is 9.18 Å². The van der Waals surface area contributed by atoms with Crippen molar-refractivity contribution in [3.63, 3.8) is 0 Å². The van der Waals surface area contributed by atoms with Crippen molar-refractivity contribution in [3.8, 4) is 5.75 Å². The van der Waals surface area contributed by atoms with E-state index in [1.165, 1.54) is 6.07 Å². The number of aliphatic hydroxyl groups is 1. The lowest BCUT2D eigenvalue weighted by atomic mass is 10.2. The molecule has 0 aliphatic heterocycles. The predicted octanol–water partition coefficient (Wildman–Crippen LogP) is 1.40. The van der Waals surface area contributed by atoms with Gasteiger partial charge < -0.3 is 15.2 Å². The van der Waals surface area contributed by atoms with E-state index < -0.39 is 5.82 Å². The minimum Gasteiger partial charge on any atom is -0.481 e. The van der Waals surface area contributed by atoms with Gasteiger partial charge in [0.15, 0.2) is 18.2 Å². The first-order valence-electron chi connectivity index (χ1n) is 5.82. The molecule has 100 valence electrons. The van der Waals surface area contributed by atoms with Crippen LogP contribution in [0.5, 0.6) is 5.75 Å². The number of halogens is 1. The Morgan fingerprint density at radius 3 is 2.94 bits per heavy atom. The van der Waals surface area contributed by atoms with Gasteiger partial charge in [-0.2, -0.15) is 0 Å². The SMILES string of the molecule is Cc1ccc(F)c(OCC(=O)NC(C)CCO)c1. The maximum atomic E-state index is 13.3. The smallest absolute Gasteiger partial charge is 0.258 e. The Morgan fingerprint density at radius 2 is 2.28 bits per heavy atom. The van der Waals surface area contributed by atoms with E-state index >= 15 is 0 Å². The van der Waals surface area contributed by atoms with Gasteiger partial charge in [0.1, 0.15) is 0 Å². The molecule has 0 aliphatic carbocycles. The van der Waals surface area contributed by atoms with Crippen LogP contribution in [-0.4, -0.2) is 30.3 Å². The first-order valence-corrected chi connectivity index (χ1v) is 5.82. The zero-order chi connectivity index (χ0) is 13.5. The molecule has 0 spiro atoms. The Labute approximate surface area is 106 Å². The van der Waals surface area contributed by atoms with Crippen molar-refractivity contribution in [1.29, 1.82) is 0 Å². The molecule has 1 amide bonds. The second-order valence-electron chi connectivity index (χ2n) is 4.20. The molecule has 0 heterocycles. The molecule has 2 N–H and O–H groups in total. The minimum atomic E-state index is -0.489. The highest BCUT2D eigenvalue weighted by Crippen LogP contribution is 2.17. The summed E-state index contributed by atoms with van der Waals surface area (Å²) in [6.45, 7) is 3.36. The third-order valence-electron chi connectivity index (χ3n) is 2.41. The summed E-state index contributed by atoms with van der Waals surface area (Å²) in [4.78, 5) is 11.5. The van der Waals surface area contributed by atoms with Gasteiger partial charge in [0, 0.05) is 12.6 Å². The third-order valence-corrected chi connectivity index (χ3v) is 2.41. The van der Waals surface area contributed by atoms with Crippen molar-refractivity contribution in [2.75, 3.05) is 13.2 Å². The first kappa shape index (κ1) is 14.4. The molecule has 0 bridgehead atoms. The van der Waals surface area contributed by atoms with E-state index in [4.69, 9.17) is 9.84 Å². The molecule has 18 heavy (non-hydrogen) atoms. The van der Waals surface area contributed by atoms with Crippen LogP contribution in [0.1, 0.15) is 18.9 Å². The number of benzene rings is 1. The number of carbonyl (C=O) groups is 1. The molecule has 4 nitrogen and oxygen atoms in total. The molecular formula is C13H18FNO3. The number of rotatable bonds is 6. The Morgan fingerprint density at radius 1 is 1.56 bits per heavy atom. The molecule has 1 aromatic carbocycles. The number of hydrogen-bond donors (Lipinski definition) is 2. The van der Waals surface area contributed by atoms with Gasteiger partial charge in [-0.05, 0) is 38.0 Å². The third kappa shape index (κ3) is 4.71. The van der Waals surface area contributed by atoms with Crippen molar-refractivity contribution in [2.24, 2.45) is 0 Å². The van der Waals surface area contributed by atoms with Crippen molar-refractivity contribution in [3.05, 3.63) is 29.6 Å². The molecule has 1 rings (SSSR count). The van der Waals surface area contributed by atoms with Gasteiger partial charge in [0.05, 0.1) is 0 Å². The summed E-state index contributed by atoms with van der Waals surface area (Å²) < 4.78 is 18.4. The molecule has 0 fully saturated rings. The highest BCUT2D eigenvalue weighted by atomic mass is 19.1. The zero-order valence-corrected chi connectivity index (χ0v) is 10.6. The van der Waals surface area contributed by atoms with E-state index in [0.29, 0.717) is 6.42 Å². The van der Waals surface area contributed by atoms with Crippen LogP contribution >= 0.6 is 0 Å². The Hall–Kier alpha value is -1.62. The predicted molar refractivity (Wildman–Crippen MR) is 65.9 cm³/mol. The van der Waals surface area contributed by atoms with Gasteiger partial charge in [-0.25, -0.2) is 4.39 Å². The molecular weight excluding hydrogens is 237 g/mol. The van der Waals surface area contributed by atoms with Crippen molar-refractivity contribution in [1.82, 2.24) is 5.32 Å². The largest absolute Gasteiger partial charge is 0.481 e. The maximum Gasteiger partial charge on any atom is 0.258 e. The average molecular weight is 255 g/mol. The van der Waals surface area contributed by atoms with E-state index in [-0.39, 0.29) is 30.9 Å². The van der Waals surface area contributed by atoms with Gasteiger partial charge in [0.2, 0.25) is 0 Å². The van der Waals surface area contributed by atoms with E-state index in [2.05, 4.69) is 5.32 Å². The summed E-state index contributed by atoms with van der Waals surface area (Å²) in [5.74, 6) is -0.756. The molecule has 1 aromatic rings. The number of ether oxygens (including phenoxy) is 1. The lowest BCUT2D eigenvalue weighted by Crippen LogP contribution is -2.36. The zero-order valence-electron chi connectivity index (χ0n) is 10.6. The summed E-state index contributed by atoms with van der Waals surface area (Å²) in [5, 5.41) is 11.3. The number of aryl methyl sites for hydroxylation is 1. The van der Waals surface area contributed by atoms with Crippen LogP contribution in [0.2, 0.25) is 0 Å². The van der Waals surface area contributed by atoms with Gasteiger partial charge in [0.25, 0.3) is 5.91 Å². The Balaban J connectivity index is 2.45. The molecule has 0 aromatic heterocycles. The van der Waals surface area contributed by atoms with E-state index in [0.717, 1.165) is 5.56 Å². The summed E-state index contributed by atoms with van der Waals surface area (Å²) >= 11 is 0. The number of carbonyl (C=O) groups excluding carboxylic acids is 1. The van der Waals surface area contributed by atoms with Gasteiger partial charge in [-0.15, -0.1) is 0 Å². The van der Waals surface area contributed by atoms with Crippen molar-refractivity contribution in [2.45, 2.75) is 26.3 Å². The second kappa shape index (κ2) is 6.96. The van der Waals surface area contributed by atoms with Crippen LogP contribution in [0.25, 0.3) is 0 Å². The van der Waals surface area contributed by atoms with E-state index in [1.807, 2.05) is 6.92 Å². The summed E-state index contributed by atoms with van der Waals surface area (Å²) in [6, 6.07) is 4.34. The van der Waals surface area contributed by atoms with Crippen LogP contribution in [-0.2, 0) is 4.79 Å². The molecule has 0 saturated carbocycles. The summed E-state index contributed by atoms with van der Waals surface area (Å²) in [7, 11) is 0. The fourth-order valence-electron chi connectivity index (χ4n) is 1.45. The first-order chi connectivity index (χ1) is 8.52. The van der Waals surface area contributed by atoms with Crippen LogP contribution < -0.4 is 10.1 Å². The molecule has 1 atom stereocenters. The molecule has 0 aliphatic rings. The number of amides is 1. The van der Waals surface area contributed by atoms with Gasteiger partial charge in [-0.3, -0.25) is 4.79 Å². The highest BCUT2D eigenvalue weighted by Gasteiger charge is 2.09. The Bertz CT molecular complexity index is 409. The van der Waals surface area contributed by atoms with Crippen LogP contribution in [0.4, 0.5) is 4.39 Å². The summed E-state index contributed by atoms with van der Waals surface area (Å²) in [6.07, 6.45) is 0.477. The lowest BCUT2D eigenvalue weighted by molar-refractivity contribution is -0.123. The maximum absolute atomic E-state index is 13.3. The van der Waals surface area contributed by atoms with Gasteiger partial charge >= 0.3 is 0 Å². The van der Waals surface area contributed by atoms with E-state index in [1.54, 1.807) is 19.1 Å².